The van der Waals surface area contributed by atoms with E-state index >= 15 is 0 Å². The smallest absolute Gasteiger partial charge is 0.265 e. The van der Waals surface area contributed by atoms with E-state index in [-0.39, 0.29) is 5.91 Å². The van der Waals surface area contributed by atoms with E-state index in [2.05, 4.69) is 0 Å². The average molecular weight is 416 g/mol. The molecule has 1 aliphatic heterocycles. The van der Waals surface area contributed by atoms with Crippen LogP contribution in [0.1, 0.15) is 11.1 Å². The molecule has 1 fully saturated rings. The number of aryl methyl sites for hydroxylation is 1. The first kappa shape index (κ1) is 20.2. The third kappa shape index (κ3) is 4.66. The molecular formula is C21H21NO4S2. The van der Waals surface area contributed by atoms with Crippen molar-refractivity contribution in [1.82, 2.24) is 4.90 Å². The normalized spacial score (nSPS) is 15.2. The maximum absolute atomic E-state index is 12.1. The number of carbonyl (C=O) groups is 1. The first-order chi connectivity index (χ1) is 13.5. The van der Waals surface area contributed by atoms with Gasteiger partial charge < -0.3 is 14.2 Å². The standard InChI is InChI=1S/C21H21NO4S2/c1-14-6-4-5-7-16(14)25-10-11-26-17-9-8-15(12-18(17)24-3)13-19-20(23)22(2)21(27)28-19/h4-9,12-13H,10-11H2,1-3H3/b19-13-. The van der Waals surface area contributed by atoms with E-state index in [1.807, 2.05) is 49.4 Å². The molecule has 1 amide bonds. The number of nitrogens with zero attached hydrogens (tertiary/aromatic N) is 1. The van der Waals surface area contributed by atoms with Gasteiger partial charge in [0.05, 0.1) is 12.0 Å². The zero-order valence-corrected chi connectivity index (χ0v) is 17.6. The van der Waals surface area contributed by atoms with Gasteiger partial charge in [0.1, 0.15) is 23.3 Å². The van der Waals surface area contributed by atoms with Crippen LogP contribution in [0.2, 0.25) is 0 Å². The monoisotopic (exact) mass is 415 g/mol. The zero-order chi connectivity index (χ0) is 20.1. The van der Waals surface area contributed by atoms with Crippen LogP contribution in [-0.2, 0) is 4.79 Å². The first-order valence-corrected chi connectivity index (χ1v) is 9.93. The molecule has 1 saturated heterocycles. The Morgan fingerprint density at radius 2 is 1.79 bits per heavy atom. The molecule has 0 radical (unpaired) electrons. The van der Waals surface area contributed by atoms with Gasteiger partial charge in [0.15, 0.2) is 11.5 Å². The number of benzene rings is 2. The Bertz CT molecular complexity index is 926. The number of amides is 1. The molecule has 0 N–H and O–H groups in total. The van der Waals surface area contributed by atoms with Gasteiger partial charge in [0.2, 0.25) is 0 Å². The summed E-state index contributed by atoms with van der Waals surface area (Å²) < 4.78 is 17.5. The van der Waals surface area contributed by atoms with Gasteiger partial charge in [-0.2, -0.15) is 0 Å². The van der Waals surface area contributed by atoms with Crippen LogP contribution in [0.3, 0.4) is 0 Å². The third-order valence-corrected chi connectivity index (χ3v) is 5.65. The second-order valence-electron chi connectivity index (χ2n) is 6.11. The first-order valence-electron chi connectivity index (χ1n) is 8.70. The lowest BCUT2D eigenvalue weighted by atomic mass is 10.2. The maximum atomic E-state index is 12.1. The van der Waals surface area contributed by atoms with Crippen molar-refractivity contribution < 1.29 is 19.0 Å². The van der Waals surface area contributed by atoms with E-state index in [9.17, 15) is 4.79 Å². The van der Waals surface area contributed by atoms with Crippen molar-refractivity contribution in [1.29, 1.82) is 0 Å². The van der Waals surface area contributed by atoms with Gasteiger partial charge in [0.25, 0.3) is 5.91 Å². The van der Waals surface area contributed by atoms with Crippen LogP contribution in [0, 0.1) is 6.92 Å². The van der Waals surface area contributed by atoms with Gasteiger partial charge in [-0.25, -0.2) is 0 Å². The van der Waals surface area contributed by atoms with Crippen LogP contribution >= 0.6 is 24.0 Å². The summed E-state index contributed by atoms with van der Waals surface area (Å²) in [5, 5.41) is 0. The lowest BCUT2D eigenvalue weighted by Gasteiger charge is -2.13. The molecule has 0 aliphatic carbocycles. The minimum absolute atomic E-state index is 0.0948. The van der Waals surface area contributed by atoms with Gasteiger partial charge >= 0.3 is 0 Å². The molecule has 0 aromatic heterocycles. The molecule has 0 bridgehead atoms. The van der Waals surface area contributed by atoms with Crippen molar-refractivity contribution in [2.75, 3.05) is 27.4 Å². The van der Waals surface area contributed by atoms with Crippen LogP contribution in [-0.4, -0.2) is 42.5 Å². The molecule has 2 aromatic rings. The fourth-order valence-corrected chi connectivity index (χ4v) is 3.79. The molecule has 7 heteroatoms. The van der Waals surface area contributed by atoms with E-state index in [1.54, 1.807) is 20.2 Å². The Hall–Kier alpha value is -2.51. The second kappa shape index (κ2) is 9.12. The van der Waals surface area contributed by atoms with E-state index in [1.165, 1.54) is 16.7 Å². The number of carbonyl (C=O) groups excluding carboxylic acids is 1. The summed E-state index contributed by atoms with van der Waals surface area (Å²) in [6, 6.07) is 13.4. The summed E-state index contributed by atoms with van der Waals surface area (Å²) >= 11 is 6.45. The van der Waals surface area contributed by atoms with Crippen molar-refractivity contribution in [3.8, 4) is 17.2 Å². The number of ether oxygens (including phenoxy) is 3. The fourth-order valence-electron chi connectivity index (χ4n) is 2.61. The predicted octanol–water partition coefficient (Wildman–Crippen LogP) is 4.29. The number of hydrogen-bond acceptors (Lipinski definition) is 6. The molecule has 3 rings (SSSR count). The summed E-state index contributed by atoms with van der Waals surface area (Å²) in [4.78, 5) is 14.2. The minimum atomic E-state index is -0.0948. The molecule has 5 nitrogen and oxygen atoms in total. The molecule has 1 aliphatic rings. The van der Waals surface area contributed by atoms with E-state index in [0.29, 0.717) is 33.9 Å². The highest BCUT2D eigenvalue weighted by Gasteiger charge is 2.28. The van der Waals surface area contributed by atoms with Crippen LogP contribution in [0.4, 0.5) is 0 Å². The number of likely N-dealkylation sites (N-methyl/N-ethyl adjacent to an activating group) is 1. The highest BCUT2D eigenvalue weighted by atomic mass is 32.2. The predicted molar refractivity (Wildman–Crippen MR) is 116 cm³/mol. The molecule has 2 aromatic carbocycles. The van der Waals surface area contributed by atoms with Gasteiger partial charge in [0, 0.05) is 7.05 Å². The summed E-state index contributed by atoms with van der Waals surface area (Å²) in [5.74, 6) is 1.97. The second-order valence-corrected chi connectivity index (χ2v) is 7.79. The Kier molecular flexibility index (Phi) is 6.59. The van der Waals surface area contributed by atoms with Crippen LogP contribution < -0.4 is 14.2 Å². The summed E-state index contributed by atoms with van der Waals surface area (Å²) in [6.07, 6.45) is 1.80. The van der Waals surface area contributed by atoms with Crippen molar-refractivity contribution in [3.05, 3.63) is 58.5 Å². The summed E-state index contributed by atoms with van der Waals surface area (Å²) in [6.45, 7) is 2.82. The SMILES string of the molecule is COc1cc(/C=C2\SC(=S)N(C)C2=O)ccc1OCCOc1ccccc1C. The van der Waals surface area contributed by atoms with Gasteiger partial charge in [-0.3, -0.25) is 9.69 Å². The van der Waals surface area contributed by atoms with Gasteiger partial charge in [-0.05, 0) is 42.3 Å². The van der Waals surface area contributed by atoms with Crippen molar-refractivity contribution in [2.24, 2.45) is 0 Å². The Labute approximate surface area is 174 Å². The van der Waals surface area contributed by atoms with Crippen LogP contribution in [0.15, 0.2) is 47.4 Å². The van der Waals surface area contributed by atoms with Crippen molar-refractivity contribution in [3.63, 3.8) is 0 Å². The molecule has 146 valence electrons. The number of rotatable bonds is 7. The van der Waals surface area contributed by atoms with Crippen molar-refractivity contribution in [2.45, 2.75) is 6.92 Å². The third-order valence-electron chi connectivity index (χ3n) is 4.16. The fraction of sp³-hybridized carbons (Fsp3) is 0.238. The molecule has 28 heavy (non-hydrogen) atoms. The van der Waals surface area contributed by atoms with Crippen molar-refractivity contribution >= 4 is 40.3 Å². The maximum Gasteiger partial charge on any atom is 0.265 e. The van der Waals surface area contributed by atoms with E-state index in [4.69, 9.17) is 26.4 Å². The summed E-state index contributed by atoms with van der Waals surface area (Å²) in [7, 11) is 3.26. The Morgan fingerprint density at radius 3 is 2.43 bits per heavy atom. The Balaban J connectivity index is 1.63. The van der Waals surface area contributed by atoms with Gasteiger partial charge in [-0.1, -0.05) is 48.2 Å². The number of para-hydroxylation sites is 1. The number of thioether (sulfide) groups is 1. The van der Waals surface area contributed by atoms with E-state index < -0.39 is 0 Å². The highest BCUT2D eigenvalue weighted by Crippen LogP contribution is 2.34. The zero-order valence-electron chi connectivity index (χ0n) is 15.9. The molecular weight excluding hydrogens is 394 g/mol. The Morgan fingerprint density at radius 1 is 1.07 bits per heavy atom. The molecule has 0 unspecified atom stereocenters. The van der Waals surface area contributed by atoms with Gasteiger partial charge in [-0.15, -0.1) is 0 Å². The number of methoxy groups -OCH3 is 1. The van der Waals surface area contributed by atoms with E-state index in [0.717, 1.165) is 16.9 Å². The van der Waals surface area contributed by atoms with Crippen LogP contribution in [0.25, 0.3) is 6.08 Å². The quantitative estimate of drug-likeness (QED) is 0.382. The molecule has 1 heterocycles. The number of thiocarbonyl (C=S) groups is 1. The lowest BCUT2D eigenvalue weighted by molar-refractivity contribution is -0.121. The summed E-state index contributed by atoms with van der Waals surface area (Å²) in [5.41, 5.74) is 1.93. The average Bonchev–Trinajstić information content (AvgIpc) is 2.94. The molecule has 0 atom stereocenters. The van der Waals surface area contributed by atoms with Crippen LogP contribution in [0.5, 0.6) is 17.2 Å². The lowest BCUT2D eigenvalue weighted by Crippen LogP contribution is -2.22. The highest BCUT2D eigenvalue weighted by molar-refractivity contribution is 8.26. The topological polar surface area (TPSA) is 48.0 Å². The largest absolute Gasteiger partial charge is 0.493 e. The molecule has 0 saturated carbocycles. The minimum Gasteiger partial charge on any atom is -0.493 e. The molecule has 0 spiro atoms. The number of hydrogen-bond donors (Lipinski definition) is 0.